The predicted octanol–water partition coefficient (Wildman–Crippen LogP) is 1.98. The van der Waals surface area contributed by atoms with Gasteiger partial charge in [-0.1, -0.05) is 29.5 Å². The van der Waals surface area contributed by atoms with E-state index in [0.717, 1.165) is 22.3 Å². The topological polar surface area (TPSA) is 60.2 Å². The first-order valence-corrected chi connectivity index (χ1v) is 5.91. The number of fused-ring (bicyclic) bond motifs is 1. The Bertz CT molecular complexity index is 691. The summed E-state index contributed by atoms with van der Waals surface area (Å²) in [5.74, 6) is 0.749. The minimum absolute atomic E-state index is 0.733. The van der Waals surface area contributed by atoms with E-state index in [2.05, 4.69) is 10.3 Å². The zero-order valence-electron chi connectivity index (χ0n) is 10.4. The van der Waals surface area contributed by atoms with Crippen LogP contribution in [-0.2, 0) is 0 Å². The van der Waals surface area contributed by atoms with Crippen molar-refractivity contribution in [3.63, 3.8) is 0 Å². The highest BCUT2D eigenvalue weighted by molar-refractivity contribution is 5.74. The summed E-state index contributed by atoms with van der Waals surface area (Å²) in [4.78, 5) is 0. The van der Waals surface area contributed by atoms with Crippen molar-refractivity contribution in [1.82, 2.24) is 15.0 Å². The number of para-hydroxylation sites is 1. The Kier molecular flexibility index (Phi) is 2.89. The van der Waals surface area contributed by atoms with Crippen molar-refractivity contribution in [3.8, 4) is 5.75 Å². The number of methoxy groups -OCH3 is 1. The molecule has 1 aromatic heterocycles. The normalized spacial score (nSPS) is 12.5. The van der Waals surface area contributed by atoms with Crippen LogP contribution in [0.25, 0.3) is 11.0 Å². The van der Waals surface area contributed by atoms with Crippen LogP contribution in [-0.4, -0.2) is 27.2 Å². The van der Waals surface area contributed by atoms with Gasteiger partial charge in [-0.15, -0.1) is 5.10 Å². The molecule has 0 saturated heterocycles. The summed E-state index contributed by atoms with van der Waals surface area (Å²) in [6, 6.07) is 14.7. The quantitative estimate of drug-likeness (QED) is 0.777. The second-order valence-corrected chi connectivity index (χ2v) is 4.17. The average Bonchev–Trinajstić information content (AvgIpc) is 2.90. The van der Waals surface area contributed by atoms with Gasteiger partial charge in [0.1, 0.15) is 11.3 Å². The van der Waals surface area contributed by atoms with Gasteiger partial charge in [-0.3, -0.25) is 0 Å². The fourth-order valence-electron chi connectivity index (χ4n) is 1.98. The SMILES string of the molecule is COc1ccc([C@H](O)n2nnc3ccccc32)cc1. The van der Waals surface area contributed by atoms with Crippen molar-refractivity contribution in [2.75, 3.05) is 7.11 Å². The molecule has 0 spiro atoms. The number of benzene rings is 2. The third kappa shape index (κ3) is 2.04. The Morgan fingerprint density at radius 1 is 1.11 bits per heavy atom. The second kappa shape index (κ2) is 4.70. The molecule has 0 aliphatic rings. The average molecular weight is 255 g/mol. The zero-order chi connectivity index (χ0) is 13.2. The number of aliphatic hydroxyl groups excluding tert-OH is 1. The van der Waals surface area contributed by atoms with E-state index in [1.54, 1.807) is 31.4 Å². The van der Waals surface area contributed by atoms with Gasteiger partial charge < -0.3 is 9.84 Å². The molecule has 0 unspecified atom stereocenters. The highest BCUT2D eigenvalue weighted by Gasteiger charge is 2.14. The lowest BCUT2D eigenvalue weighted by atomic mass is 10.2. The number of hydrogen-bond acceptors (Lipinski definition) is 4. The van der Waals surface area contributed by atoms with E-state index in [9.17, 15) is 5.11 Å². The summed E-state index contributed by atoms with van der Waals surface area (Å²) >= 11 is 0. The Hall–Kier alpha value is -2.40. The first kappa shape index (κ1) is 11.7. The predicted molar refractivity (Wildman–Crippen MR) is 70.9 cm³/mol. The van der Waals surface area contributed by atoms with Gasteiger partial charge in [-0.2, -0.15) is 0 Å². The lowest BCUT2D eigenvalue weighted by Gasteiger charge is -2.12. The fraction of sp³-hybridized carbons (Fsp3) is 0.143. The van der Waals surface area contributed by atoms with Crippen LogP contribution in [0.15, 0.2) is 48.5 Å². The largest absolute Gasteiger partial charge is 0.497 e. The molecule has 19 heavy (non-hydrogen) atoms. The molecule has 1 atom stereocenters. The highest BCUT2D eigenvalue weighted by atomic mass is 16.5. The first-order chi connectivity index (χ1) is 9.29. The molecule has 2 aromatic carbocycles. The van der Waals surface area contributed by atoms with Crippen LogP contribution in [0, 0.1) is 0 Å². The molecule has 0 aliphatic carbocycles. The molecule has 5 nitrogen and oxygen atoms in total. The summed E-state index contributed by atoms with van der Waals surface area (Å²) in [5, 5.41) is 18.4. The zero-order valence-corrected chi connectivity index (χ0v) is 10.4. The number of ether oxygens (including phenoxy) is 1. The van der Waals surface area contributed by atoms with Gasteiger partial charge in [0.2, 0.25) is 0 Å². The van der Waals surface area contributed by atoms with Crippen LogP contribution in [0.1, 0.15) is 11.8 Å². The molecule has 0 bridgehead atoms. The standard InChI is InChI=1S/C14H13N3O2/c1-19-11-8-6-10(7-9-11)14(18)17-13-5-3-2-4-12(13)15-16-17/h2-9,14,18H,1H3/t14-/m0/s1. The van der Waals surface area contributed by atoms with Crippen LogP contribution in [0.2, 0.25) is 0 Å². The maximum Gasteiger partial charge on any atom is 0.175 e. The summed E-state index contributed by atoms with van der Waals surface area (Å²) in [5.41, 5.74) is 2.29. The molecule has 1 heterocycles. The van der Waals surface area contributed by atoms with Crippen LogP contribution < -0.4 is 4.74 Å². The Balaban J connectivity index is 2.00. The van der Waals surface area contributed by atoms with Crippen LogP contribution in [0.5, 0.6) is 5.75 Å². The molecule has 3 aromatic rings. The second-order valence-electron chi connectivity index (χ2n) is 4.17. The Labute approximate surface area is 110 Å². The minimum atomic E-state index is -0.863. The van der Waals surface area contributed by atoms with Crippen molar-refractivity contribution in [3.05, 3.63) is 54.1 Å². The molecule has 0 fully saturated rings. The highest BCUT2D eigenvalue weighted by Crippen LogP contribution is 2.21. The molecule has 5 heteroatoms. The fourth-order valence-corrected chi connectivity index (χ4v) is 1.98. The van der Waals surface area contributed by atoms with Gasteiger partial charge in [0, 0.05) is 5.56 Å². The molecule has 1 N–H and O–H groups in total. The van der Waals surface area contributed by atoms with E-state index in [4.69, 9.17) is 4.74 Å². The van der Waals surface area contributed by atoms with Crippen molar-refractivity contribution < 1.29 is 9.84 Å². The molecule has 0 saturated carbocycles. The van der Waals surface area contributed by atoms with E-state index in [1.807, 2.05) is 24.3 Å². The van der Waals surface area contributed by atoms with Gasteiger partial charge in [-0.05, 0) is 24.3 Å². The third-order valence-corrected chi connectivity index (χ3v) is 3.02. The van der Waals surface area contributed by atoms with Crippen LogP contribution >= 0.6 is 0 Å². The van der Waals surface area contributed by atoms with E-state index in [0.29, 0.717) is 0 Å². The number of aliphatic hydroxyl groups is 1. The number of aromatic nitrogens is 3. The van der Waals surface area contributed by atoms with E-state index in [1.165, 1.54) is 4.68 Å². The Morgan fingerprint density at radius 3 is 2.58 bits per heavy atom. The smallest absolute Gasteiger partial charge is 0.175 e. The summed E-state index contributed by atoms with van der Waals surface area (Å²) in [6.07, 6.45) is -0.863. The van der Waals surface area contributed by atoms with Gasteiger partial charge >= 0.3 is 0 Å². The molecule has 3 rings (SSSR count). The molecular weight excluding hydrogens is 242 g/mol. The first-order valence-electron chi connectivity index (χ1n) is 5.91. The van der Waals surface area contributed by atoms with Crippen molar-refractivity contribution in [1.29, 1.82) is 0 Å². The summed E-state index contributed by atoms with van der Waals surface area (Å²) < 4.78 is 6.59. The molecule has 96 valence electrons. The van der Waals surface area contributed by atoms with Gasteiger partial charge in [0.15, 0.2) is 6.23 Å². The maximum atomic E-state index is 10.4. The van der Waals surface area contributed by atoms with Crippen LogP contribution in [0.3, 0.4) is 0 Å². The molecule has 0 radical (unpaired) electrons. The number of nitrogens with zero attached hydrogens (tertiary/aromatic N) is 3. The molecule has 0 aliphatic heterocycles. The van der Waals surface area contributed by atoms with Crippen molar-refractivity contribution >= 4 is 11.0 Å². The maximum absolute atomic E-state index is 10.4. The Morgan fingerprint density at radius 2 is 1.84 bits per heavy atom. The lowest BCUT2D eigenvalue weighted by Crippen LogP contribution is -2.11. The van der Waals surface area contributed by atoms with Gasteiger partial charge in [0.25, 0.3) is 0 Å². The van der Waals surface area contributed by atoms with Gasteiger partial charge in [0.05, 0.1) is 12.6 Å². The van der Waals surface area contributed by atoms with Crippen molar-refractivity contribution in [2.24, 2.45) is 0 Å². The summed E-state index contributed by atoms with van der Waals surface area (Å²) in [7, 11) is 1.61. The molecular formula is C14H13N3O2. The van der Waals surface area contributed by atoms with Gasteiger partial charge in [-0.25, -0.2) is 4.68 Å². The van der Waals surface area contributed by atoms with E-state index in [-0.39, 0.29) is 0 Å². The monoisotopic (exact) mass is 255 g/mol. The number of rotatable bonds is 3. The molecule has 0 amide bonds. The van der Waals surface area contributed by atoms with E-state index < -0.39 is 6.23 Å². The van der Waals surface area contributed by atoms with Crippen LogP contribution in [0.4, 0.5) is 0 Å². The lowest BCUT2D eigenvalue weighted by molar-refractivity contribution is 0.134. The number of hydrogen-bond donors (Lipinski definition) is 1. The minimum Gasteiger partial charge on any atom is -0.497 e. The van der Waals surface area contributed by atoms with E-state index >= 15 is 0 Å². The third-order valence-electron chi connectivity index (χ3n) is 3.02. The van der Waals surface area contributed by atoms with Crippen molar-refractivity contribution in [2.45, 2.75) is 6.23 Å². The summed E-state index contributed by atoms with van der Waals surface area (Å²) in [6.45, 7) is 0.